The molecule has 0 fully saturated rings. The lowest BCUT2D eigenvalue weighted by Gasteiger charge is -2.06. The van der Waals surface area contributed by atoms with E-state index in [1.807, 2.05) is 30.5 Å². The molecule has 0 spiro atoms. The lowest BCUT2D eigenvalue weighted by Crippen LogP contribution is -1.88. The Balaban J connectivity index is 1.55. The van der Waals surface area contributed by atoms with E-state index in [9.17, 15) is 0 Å². The molecule has 1 aromatic carbocycles. The molecule has 0 atom stereocenters. The molecule has 22 heavy (non-hydrogen) atoms. The summed E-state index contributed by atoms with van der Waals surface area (Å²) in [5.41, 5.74) is 1.99. The molecule has 108 valence electrons. The number of fused-ring (bicyclic) bond motifs is 1. The van der Waals surface area contributed by atoms with Crippen molar-refractivity contribution in [2.24, 2.45) is 0 Å². The van der Waals surface area contributed by atoms with Gasteiger partial charge in [0.25, 0.3) is 0 Å². The van der Waals surface area contributed by atoms with E-state index in [4.69, 9.17) is 4.42 Å². The monoisotopic (exact) mass is 325 g/mol. The molecule has 1 N–H and O–H groups in total. The van der Waals surface area contributed by atoms with Crippen LogP contribution >= 0.6 is 23.3 Å². The van der Waals surface area contributed by atoms with Crippen molar-refractivity contribution in [2.75, 3.05) is 4.72 Å². The van der Waals surface area contributed by atoms with Crippen LogP contribution in [-0.4, -0.2) is 9.97 Å². The Kier molecular flexibility index (Phi) is 3.54. The molecule has 0 bridgehead atoms. The predicted octanol–water partition coefficient (Wildman–Crippen LogP) is 5.07. The van der Waals surface area contributed by atoms with Crippen LogP contribution in [0.3, 0.4) is 0 Å². The Hall–Kier alpha value is -2.31. The molecule has 3 aromatic heterocycles. The van der Waals surface area contributed by atoms with Crippen LogP contribution in [0.25, 0.3) is 21.5 Å². The molecular weight excluding hydrogens is 314 g/mol. The second-order valence-electron chi connectivity index (χ2n) is 4.57. The van der Waals surface area contributed by atoms with E-state index in [0.717, 1.165) is 31.4 Å². The molecule has 4 aromatic rings. The number of nitrogens with zero attached hydrogens (tertiary/aromatic N) is 2. The van der Waals surface area contributed by atoms with Gasteiger partial charge in [-0.25, -0.2) is 4.98 Å². The van der Waals surface area contributed by atoms with Crippen molar-refractivity contribution in [2.45, 2.75) is 4.21 Å². The molecule has 0 unspecified atom stereocenters. The molecule has 4 rings (SSSR count). The normalized spacial score (nSPS) is 10.9. The second-order valence-corrected chi connectivity index (χ2v) is 6.76. The van der Waals surface area contributed by atoms with E-state index in [1.54, 1.807) is 29.5 Å². The first-order valence-electron chi connectivity index (χ1n) is 6.65. The van der Waals surface area contributed by atoms with Gasteiger partial charge in [-0.1, -0.05) is 18.2 Å². The van der Waals surface area contributed by atoms with E-state index in [1.165, 1.54) is 6.39 Å². The van der Waals surface area contributed by atoms with E-state index in [0.29, 0.717) is 0 Å². The number of hydrogen-bond acceptors (Lipinski definition) is 6. The topological polar surface area (TPSA) is 51.0 Å². The molecule has 0 saturated heterocycles. The number of pyridine rings is 1. The number of thiophene rings is 1. The molecule has 3 heterocycles. The van der Waals surface area contributed by atoms with Crippen LogP contribution in [0.1, 0.15) is 0 Å². The molecule has 4 nitrogen and oxygen atoms in total. The highest BCUT2D eigenvalue weighted by molar-refractivity contribution is 8.02. The summed E-state index contributed by atoms with van der Waals surface area (Å²) in [6.45, 7) is 0. The summed E-state index contributed by atoms with van der Waals surface area (Å²) in [7, 11) is 0. The van der Waals surface area contributed by atoms with Crippen molar-refractivity contribution in [3.05, 3.63) is 61.3 Å². The zero-order chi connectivity index (χ0) is 14.8. The van der Waals surface area contributed by atoms with Gasteiger partial charge in [-0.3, -0.25) is 4.98 Å². The zero-order valence-electron chi connectivity index (χ0n) is 11.4. The van der Waals surface area contributed by atoms with Crippen LogP contribution in [0, 0.1) is 0 Å². The van der Waals surface area contributed by atoms with Gasteiger partial charge in [-0.15, -0.1) is 11.3 Å². The van der Waals surface area contributed by atoms with E-state index in [-0.39, 0.29) is 0 Å². The average Bonchev–Trinajstić information content (AvgIpc) is 3.24. The van der Waals surface area contributed by atoms with Crippen LogP contribution in [0.4, 0.5) is 5.69 Å². The maximum atomic E-state index is 5.31. The van der Waals surface area contributed by atoms with Gasteiger partial charge in [0, 0.05) is 11.6 Å². The molecule has 0 aliphatic rings. The number of oxazole rings is 1. The van der Waals surface area contributed by atoms with Crippen molar-refractivity contribution in [3.63, 3.8) is 0 Å². The summed E-state index contributed by atoms with van der Waals surface area (Å²) in [5, 5.41) is 1.13. The third kappa shape index (κ3) is 2.58. The summed E-state index contributed by atoms with van der Waals surface area (Å²) in [6.07, 6.45) is 4.98. The lowest BCUT2D eigenvalue weighted by atomic mass is 10.2. The highest BCUT2D eigenvalue weighted by atomic mass is 32.2. The average molecular weight is 325 g/mol. The van der Waals surface area contributed by atoms with Crippen LogP contribution in [0.2, 0.25) is 0 Å². The van der Waals surface area contributed by atoms with Crippen LogP contribution in [-0.2, 0) is 0 Å². The lowest BCUT2D eigenvalue weighted by molar-refractivity contribution is 0.573. The summed E-state index contributed by atoms with van der Waals surface area (Å²) < 4.78 is 9.85. The highest BCUT2D eigenvalue weighted by Crippen LogP contribution is 2.35. The van der Waals surface area contributed by atoms with Gasteiger partial charge in [0.05, 0.1) is 26.5 Å². The molecule has 0 radical (unpaired) electrons. The van der Waals surface area contributed by atoms with Gasteiger partial charge in [0.2, 0.25) is 0 Å². The third-order valence-electron chi connectivity index (χ3n) is 3.15. The zero-order valence-corrected chi connectivity index (χ0v) is 13.0. The number of aromatic nitrogens is 2. The minimum atomic E-state index is 0.795. The van der Waals surface area contributed by atoms with Crippen molar-refractivity contribution < 1.29 is 4.42 Å². The van der Waals surface area contributed by atoms with E-state index < -0.39 is 0 Å². The predicted molar refractivity (Wildman–Crippen MR) is 91.0 cm³/mol. The van der Waals surface area contributed by atoms with Crippen molar-refractivity contribution in [1.29, 1.82) is 0 Å². The maximum absolute atomic E-state index is 5.31. The molecule has 6 heteroatoms. The maximum Gasteiger partial charge on any atom is 0.181 e. The number of rotatable bonds is 4. The van der Waals surface area contributed by atoms with Crippen molar-refractivity contribution >= 4 is 39.9 Å². The molecule has 0 amide bonds. The van der Waals surface area contributed by atoms with Gasteiger partial charge in [0.15, 0.2) is 12.2 Å². The fourth-order valence-electron chi connectivity index (χ4n) is 2.14. The van der Waals surface area contributed by atoms with Crippen LogP contribution in [0.5, 0.6) is 0 Å². The molecular formula is C16H11N3OS2. The van der Waals surface area contributed by atoms with Gasteiger partial charge in [-0.05, 0) is 36.2 Å². The first-order chi connectivity index (χ1) is 10.9. The summed E-state index contributed by atoms with van der Waals surface area (Å²) >= 11 is 3.23. The standard InChI is InChI=1S/C16H11N3OS2/c1-3-11-4-2-8-18-16(11)12(5-1)19-22-15-7-6-14(21-15)13-9-17-10-20-13/h1-10,19H. The molecule has 0 aliphatic heterocycles. The number of nitrogens with one attached hydrogen (secondary N) is 1. The largest absolute Gasteiger partial charge is 0.443 e. The number of para-hydroxylation sites is 1. The summed E-state index contributed by atoms with van der Waals surface area (Å²) in [6, 6.07) is 14.2. The molecule has 0 saturated carbocycles. The van der Waals surface area contributed by atoms with Gasteiger partial charge in [0.1, 0.15) is 0 Å². The minimum absolute atomic E-state index is 0.795. The van der Waals surface area contributed by atoms with E-state index >= 15 is 0 Å². The fourth-order valence-corrected chi connectivity index (χ4v) is 3.90. The summed E-state index contributed by atoms with van der Waals surface area (Å²) in [5.74, 6) is 0.795. The van der Waals surface area contributed by atoms with Crippen LogP contribution in [0.15, 0.2) is 69.9 Å². The Bertz CT molecular complexity index is 897. The second kappa shape index (κ2) is 5.82. The summed E-state index contributed by atoms with van der Waals surface area (Å²) in [4.78, 5) is 9.46. The highest BCUT2D eigenvalue weighted by Gasteiger charge is 2.07. The van der Waals surface area contributed by atoms with E-state index in [2.05, 4.69) is 32.9 Å². The van der Waals surface area contributed by atoms with Gasteiger partial charge in [-0.2, -0.15) is 0 Å². The van der Waals surface area contributed by atoms with Crippen molar-refractivity contribution in [3.8, 4) is 10.6 Å². The van der Waals surface area contributed by atoms with Gasteiger partial charge >= 0.3 is 0 Å². The SMILES string of the molecule is c1cnc2c(NSc3ccc(-c4cnco4)s3)cccc2c1. The Morgan fingerprint density at radius 3 is 2.95 bits per heavy atom. The molecule has 0 aliphatic carbocycles. The Morgan fingerprint density at radius 1 is 1.09 bits per heavy atom. The van der Waals surface area contributed by atoms with Crippen LogP contribution < -0.4 is 4.72 Å². The quantitative estimate of drug-likeness (QED) is 0.531. The number of benzene rings is 1. The fraction of sp³-hybridized carbons (Fsp3) is 0. The number of hydrogen-bond donors (Lipinski definition) is 1. The first-order valence-corrected chi connectivity index (χ1v) is 8.29. The minimum Gasteiger partial charge on any atom is -0.443 e. The first kappa shape index (κ1) is 13.4. The van der Waals surface area contributed by atoms with Gasteiger partial charge < -0.3 is 9.14 Å². The Labute approximate surface area is 135 Å². The van der Waals surface area contributed by atoms with Crippen molar-refractivity contribution in [1.82, 2.24) is 9.97 Å². The number of anilines is 1. The third-order valence-corrected chi connectivity index (χ3v) is 5.20. The Morgan fingerprint density at radius 2 is 2.05 bits per heavy atom. The smallest absolute Gasteiger partial charge is 0.181 e.